The van der Waals surface area contributed by atoms with E-state index in [1.165, 1.54) is 24.3 Å². The minimum Gasteiger partial charge on any atom is -0.450 e. The summed E-state index contributed by atoms with van der Waals surface area (Å²) in [5, 5.41) is 8.91. The molecule has 108 valence electrons. The van der Waals surface area contributed by atoms with Crippen LogP contribution in [0.3, 0.4) is 0 Å². The normalized spacial score (nSPS) is 11.8. The number of sulfonamides is 1. The molecular weight excluding hydrogens is 353 g/mol. The molecule has 2 rings (SSSR count). The van der Waals surface area contributed by atoms with Crippen molar-refractivity contribution in [2.75, 3.05) is 0 Å². The standard InChI is InChI=1S/C12H11BrFNO4S/c13-12-11(5-10(7-16)19-12)20(17,18)15-6-8-2-1-3-9(14)4-8/h1-5,15-16H,6-7H2. The van der Waals surface area contributed by atoms with Gasteiger partial charge in [0, 0.05) is 12.6 Å². The lowest BCUT2D eigenvalue weighted by molar-refractivity contribution is 0.245. The average Bonchev–Trinajstić information content (AvgIpc) is 2.79. The summed E-state index contributed by atoms with van der Waals surface area (Å²) in [7, 11) is -3.82. The van der Waals surface area contributed by atoms with Crippen molar-refractivity contribution in [1.29, 1.82) is 0 Å². The van der Waals surface area contributed by atoms with Gasteiger partial charge in [-0.1, -0.05) is 12.1 Å². The predicted octanol–water partition coefficient (Wildman–Crippen LogP) is 2.15. The first-order chi connectivity index (χ1) is 9.42. The minimum atomic E-state index is -3.82. The molecule has 1 aromatic heterocycles. The Morgan fingerprint density at radius 1 is 1.35 bits per heavy atom. The molecule has 0 saturated carbocycles. The number of nitrogens with one attached hydrogen (secondary N) is 1. The van der Waals surface area contributed by atoms with E-state index in [0.29, 0.717) is 5.56 Å². The van der Waals surface area contributed by atoms with E-state index in [4.69, 9.17) is 9.52 Å². The molecule has 0 spiro atoms. The number of hydrogen-bond donors (Lipinski definition) is 2. The predicted molar refractivity (Wildman–Crippen MR) is 72.8 cm³/mol. The fraction of sp³-hybridized carbons (Fsp3) is 0.167. The van der Waals surface area contributed by atoms with Crippen LogP contribution in [0.2, 0.25) is 0 Å². The van der Waals surface area contributed by atoms with Crippen molar-refractivity contribution in [3.05, 3.63) is 52.1 Å². The van der Waals surface area contributed by atoms with Gasteiger partial charge >= 0.3 is 0 Å². The average molecular weight is 364 g/mol. The molecule has 8 heteroatoms. The van der Waals surface area contributed by atoms with Crippen LogP contribution < -0.4 is 4.72 Å². The molecule has 0 fully saturated rings. The second kappa shape index (κ2) is 6.04. The highest BCUT2D eigenvalue weighted by Crippen LogP contribution is 2.26. The van der Waals surface area contributed by atoms with E-state index in [-0.39, 0.29) is 21.9 Å². The van der Waals surface area contributed by atoms with Gasteiger partial charge < -0.3 is 9.52 Å². The molecule has 20 heavy (non-hydrogen) atoms. The number of furan rings is 1. The molecule has 2 aromatic rings. The maximum Gasteiger partial charge on any atom is 0.245 e. The van der Waals surface area contributed by atoms with E-state index >= 15 is 0 Å². The number of aliphatic hydroxyl groups is 1. The molecular formula is C12H11BrFNO4S. The zero-order chi connectivity index (χ0) is 14.8. The first-order valence-corrected chi connectivity index (χ1v) is 7.83. The lowest BCUT2D eigenvalue weighted by Gasteiger charge is -2.05. The molecule has 0 aliphatic carbocycles. The molecule has 0 radical (unpaired) electrons. The molecule has 0 saturated heterocycles. The third kappa shape index (κ3) is 3.45. The Morgan fingerprint density at radius 3 is 2.70 bits per heavy atom. The summed E-state index contributed by atoms with van der Waals surface area (Å²) in [6, 6.07) is 6.84. The Bertz CT molecular complexity index is 714. The van der Waals surface area contributed by atoms with Crippen LogP contribution in [-0.2, 0) is 23.2 Å². The van der Waals surface area contributed by atoms with Crippen LogP contribution in [-0.4, -0.2) is 13.5 Å². The van der Waals surface area contributed by atoms with E-state index in [9.17, 15) is 12.8 Å². The SMILES string of the molecule is O=S(=O)(NCc1cccc(F)c1)c1cc(CO)oc1Br. The Balaban J connectivity index is 2.17. The van der Waals surface area contributed by atoms with Gasteiger partial charge in [0.15, 0.2) is 4.67 Å². The van der Waals surface area contributed by atoms with E-state index in [0.717, 1.165) is 0 Å². The van der Waals surface area contributed by atoms with Gasteiger partial charge in [-0.2, -0.15) is 0 Å². The van der Waals surface area contributed by atoms with E-state index in [2.05, 4.69) is 20.7 Å². The van der Waals surface area contributed by atoms with Gasteiger partial charge in [0.2, 0.25) is 10.0 Å². The van der Waals surface area contributed by atoms with E-state index in [1.807, 2.05) is 0 Å². The molecule has 0 bridgehead atoms. The Hall–Kier alpha value is -1.22. The Morgan fingerprint density at radius 2 is 2.10 bits per heavy atom. The highest BCUT2D eigenvalue weighted by molar-refractivity contribution is 9.10. The maximum absolute atomic E-state index is 13.0. The largest absolute Gasteiger partial charge is 0.450 e. The van der Waals surface area contributed by atoms with Crippen LogP contribution in [0.25, 0.3) is 0 Å². The molecule has 5 nitrogen and oxygen atoms in total. The number of hydrogen-bond acceptors (Lipinski definition) is 4. The van der Waals surface area contributed by atoms with Crippen molar-refractivity contribution in [3.63, 3.8) is 0 Å². The van der Waals surface area contributed by atoms with Crippen LogP contribution in [0.1, 0.15) is 11.3 Å². The molecule has 1 heterocycles. The molecule has 1 aromatic carbocycles. The molecule has 0 aliphatic rings. The molecule has 0 aliphatic heterocycles. The van der Waals surface area contributed by atoms with Gasteiger partial charge in [-0.15, -0.1) is 0 Å². The highest BCUT2D eigenvalue weighted by Gasteiger charge is 2.22. The summed E-state index contributed by atoms with van der Waals surface area (Å²) in [5.41, 5.74) is 0.496. The Kier molecular flexibility index (Phi) is 4.59. The molecule has 0 atom stereocenters. The van der Waals surface area contributed by atoms with Crippen molar-refractivity contribution in [3.8, 4) is 0 Å². The monoisotopic (exact) mass is 363 g/mol. The maximum atomic E-state index is 13.0. The number of halogens is 2. The van der Waals surface area contributed by atoms with Gasteiger partial charge in [-0.25, -0.2) is 17.5 Å². The zero-order valence-corrected chi connectivity index (χ0v) is 12.5. The van der Waals surface area contributed by atoms with Gasteiger partial charge in [0.25, 0.3) is 0 Å². The fourth-order valence-corrected chi connectivity index (χ4v) is 3.58. The summed E-state index contributed by atoms with van der Waals surface area (Å²) >= 11 is 2.97. The third-order valence-corrected chi connectivity index (χ3v) is 4.77. The van der Waals surface area contributed by atoms with Crippen molar-refractivity contribution in [2.45, 2.75) is 18.0 Å². The molecule has 0 unspecified atom stereocenters. The first kappa shape index (κ1) is 15.2. The van der Waals surface area contributed by atoms with Crippen molar-refractivity contribution in [1.82, 2.24) is 4.72 Å². The van der Waals surface area contributed by atoms with Gasteiger partial charge in [0.05, 0.1) is 0 Å². The van der Waals surface area contributed by atoms with Gasteiger partial charge in [-0.3, -0.25) is 0 Å². The second-order valence-electron chi connectivity index (χ2n) is 3.96. The van der Waals surface area contributed by atoms with Crippen molar-refractivity contribution >= 4 is 26.0 Å². The topological polar surface area (TPSA) is 79.5 Å². The zero-order valence-electron chi connectivity index (χ0n) is 10.1. The molecule has 0 amide bonds. The van der Waals surface area contributed by atoms with E-state index in [1.54, 1.807) is 6.07 Å². The first-order valence-electron chi connectivity index (χ1n) is 5.55. The Labute approximate surface area is 123 Å². The quantitative estimate of drug-likeness (QED) is 0.852. The van der Waals surface area contributed by atoms with Crippen molar-refractivity contribution < 1.29 is 22.3 Å². The highest BCUT2D eigenvalue weighted by atomic mass is 79.9. The third-order valence-electron chi connectivity index (χ3n) is 2.51. The van der Waals surface area contributed by atoms with Crippen LogP contribution >= 0.6 is 15.9 Å². The summed E-state index contributed by atoms with van der Waals surface area (Å²) in [6.45, 7) is -0.454. The number of benzene rings is 1. The minimum absolute atomic E-state index is 0.00768. The summed E-state index contributed by atoms with van der Waals surface area (Å²) < 4.78 is 44.5. The lowest BCUT2D eigenvalue weighted by atomic mass is 10.2. The smallest absolute Gasteiger partial charge is 0.245 e. The number of aliphatic hydroxyl groups excluding tert-OH is 1. The van der Waals surface area contributed by atoms with Crippen LogP contribution in [0.4, 0.5) is 4.39 Å². The van der Waals surface area contributed by atoms with Gasteiger partial charge in [0.1, 0.15) is 23.1 Å². The van der Waals surface area contributed by atoms with Crippen LogP contribution in [0.5, 0.6) is 0 Å². The lowest BCUT2D eigenvalue weighted by Crippen LogP contribution is -2.23. The molecule has 2 N–H and O–H groups in total. The summed E-state index contributed by atoms with van der Waals surface area (Å²) in [4.78, 5) is -0.113. The fourth-order valence-electron chi connectivity index (χ4n) is 1.56. The summed E-state index contributed by atoms with van der Waals surface area (Å²) in [5.74, 6) is -0.309. The van der Waals surface area contributed by atoms with Crippen molar-refractivity contribution in [2.24, 2.45) is 0 Å². The van der Waals surface area contributed by atoms with Gasteiger partial charge in [-0.05, 0) is 33.6 Å². The number of rotatable bonds is 5. The van der Waals surface area contributed by atoms with E-state index < -0.39 is 22.4 Å². The van der Waals surface area contributed by atoms with Crippen LogP contribution in [0.15, 0.2) is 44.3 Å². The second-order valence-corrected chi connectivity index (χ2v) is 6.42. The summed E-state index contributed by atoms with van der Waals surface area (Å²) in [6.07, 6.45) is 0. The van der Waals surface area contributed by atoms with Crippen LogP contribution in [0, 0.1) is 5.82 Å².